The first kappa shape index (κ1) is 68.3. The van der Waals surface area contributed by atoms with E-state index >= 15 is 0 Å². The Morgan fingerprint density at radius 2 is 0.542 bits per heavy atom. The fourth-order valence-electron chi connectivity index (χ4n) is 8.30. The van der Waals surface area contributed by atoms with Crippen LogP contribution in [-0.4, -0.2) is 37.2 Å². The second-order valence-corrected chi connectivity index (χ2v) is 19.9. The quantitative estimate of drug-likeness (QED) is 0.0261. The van der Waals surface area contributed by atoms with Gasteiger partial charge in [-0.05, 0) is 103 Å². The van der Waals surface area contributed by atoms with Gasteiger partial charge in [-0.2, -0.15) is 0 Å². The second-order valence-electron chi connectivity index (χ2n) is 19.9. The molecule has 412 valence electrons. The van der Waals surface area contributed by atoms with Crippen LogP contribution >= 0.6 is 0 Å². The van der Waals surface area contributed by atoms with E-state index in [-0.39, 0.29) is 31.1 Å². The van der Waals surface area contributed by atoms with Crippen LogP contribution in [0.15, 0.2) is 97.2 Å². The third-order valence-electron chi connectivity index (χ3n) is 12.8. The largest absolute Gasteiger partial charge is 0.462 e. The lowest BCUT2D eigenvalue weighted by Crippen LogP contribution is -2.30. The molecule has 1 atom stereocenters. The van der Waals surface area contributed by atoms with Gasteiger partial charge in [0.25, 0.3) is 0 Å². The van der Waals surface area contributed by atoms with Gasteiger partial charge in [-0.3, -0.25) is 14.4 Å². The molecule has 1 unspecified atom stereocenters. The molecule has 0 heterocycles. The van der Waals surface area contributed by atoms with E-state index in [9.17, 15) is 14.4 Å². The summed E-state index contributed by atoms with van der Waals surface area (Å²) in [4.78, 5) is 38.1. The minimum atomic E-state index is -0.785. The average molecular weight is 1000 g/mol. The van der Waals surface area contributed by atoms with Gasteiger partial charge in [0, 0.05) is 19.3 Å². The number of carbonyl (C=O) groups excluding carboxylic acids is 3. The Labute approximate surface area is 445 Å². The van der Waals surface area contributed by atoms with Crippen molar-refractivity contribution in [2.45, 2.75) is 290 Å². The van der Waals surface area contributed by atoms with Gasteiger partial charge < -0.3 is 14.2 Å². The van der Waals surface area contributed by atoms with Crippen molar-refractivity contribution in [3.63, 3.8) is 0 Å². The lowest BCUT2D eigenvalue weighted by Gasteiger charge is -2.18. The summed E-state index contributed by atoms with van der Waals surface area (Å²) < 4.78 is 16.8. The number of ether oxygens (including phenoxy) is 3. The van der Waals surface area contributed by atoms with Crippen molar-refractivity contribution in [3.8, 4) is 0 Å². The smallest absolute Gasteiger partial charge is 0.306 e. The van der Waals surface area contributed by atoms with Gasteiger partial charge in [-0.1, -0.05) is 259 Å². The molecule has 6 heteroatoms. The fraction of sp³-hybridized carbons (Fsp3) is 0.712. The fourth-order valence-corrected chi connectivity index (χ4v) is 8.30. The third-order valence-corrected chi connectivity index (χ3v) is 12.8. The minimum Gasteiger partial charge on any atom is -0.462 e. The molecule has 0 rings (SSSR count). The van der Waals surface area contributed by atoms with Crippen molar-refractivity contribution in [2.75, 3.05) is 13.2 Å². The number of rotatable bonds is 54. The zero-order valence-electron chi connectivity index (χ0n) is 47.2. The highest BCUT2D eigenvalue weighted by Gasteiger charge is 2.19. The second kappa shape index (κ2) is 59.9. The zero-order chi connectivity index (χ0) is 52.2. The Morgan fingerprint density at radius 3 is 0.861 bits per heavy atom. The van der Waals surface area contributed by atoms with Crippen LogP contribution in [0.3, 0.4) is 0 Å². The number of hydrogen-bond acceptors (Lipinski definition) is 6. The van der Waals surface area contributed by atoms with Crippen molar-refractivity contribution >= 4 is 17.9 Å². The summed E-state index contributed by atoms with van der Waals surface area (Å²) in [6.45, 7) is 6.49. The maximum Gasteiger partial charge on any atom is 0.306 e. The molecule has 0 amide bonds. The summed E-state index contributed by atoms with van der Waals surface area (Å²) in [5, 5.41) is 0. The Bertz CT molecular complexity index is 1430. The number of allylic oxidation sites excluding steroid dienone is 16. The molecule has 0 aliphatic rings. The normalized spacial score (nSPS) is 12.8. The number of hydrogen-bond donors (Lipinski definition) is 0. The standard InChI is InChI=1S/C66H112O6/c1-4-7-10-13-16-19-21-23-25-27-29-30-31-32-33-34-35-36-38-39-41-43-45-47-50-53-56-59-65(68)71-62-63(61-70-64(67)58-55-52-49-18-15-12-9-6-3)72-66(69)60-57-54-51-48-46-44-42-40-37-28-26-24-22-20-17-14-11-8-5-2/h7,10,16,19,23-26,29-30,32-33,35-36,39,41,63H,4-6,8-9,11-15,17-18,20-22,27-28,31,34,37-38,40,42-62H2,1-3H3/b10-7-,19-16-,25-23-,26-24-,30-29-,33-32-,36-35-,41-39-. The van der Waals surface area contributed by atoms with Crippen molar-refractivity contribution in [2.24, 2.45) is 0 Å². The third kappa shape index (κ3) is 57.2. The van der Waals surface area contributed by atoms with Crippen molar-refractivity contribution in [1.29, 1.82) is 0 Å². The first-order chi connectivity index (χ1) is 35.5. The van der Waals surface area contributed by atoms with Crippen LogP contribution in [0.2, 0.25) is 0 Å². The Hall–Kier alpha value is -3.67. The lowest BCUT2D eigenvalue weighted by atomic mass is 10.1. The molecule has 0 spiro atoms. The molecule has 0 saturated carbocycles. The summed E-state index contributed by atoms with van der Waals surface area (Å²) in [5.74, 6) is -0.904. The van der Waals surface area contributed by atoms with E-state index in [4.69, 9.17) is 14.2 Å². The minimum absolute atomic E-state index is 0.0831. The van der Waals surface area contributed by atoms with Crippen LogP contribution in [0.25, 0.3) is 0 Å². The molecular formula is C66H112O6. The molecule has 0 aliphatic carbocycles. The van der Waals surface area contributed by atoms with Crippen molar-refractivity contribution in [1.82, 2.24) is 0 Å². The van der Waals surface area contributed by atoms with E-state index in [1.807, 2.05) is 0 Å². The molecule has 72 heavy (non-hydrogen) atoms. The predicted octanol–water partition coefficient (Wildman–Crippen LogP) is 20.5. The summed E-state index contributed by atoms with van der Waals surface area (Å²) in [6.07, 6.45) is 79.9. The van der Waals surface area contributed by atoms with E-state index in [0.717, 1.165) is 122 Å². The van der Waals surface area contributed by atoms with E-state index < -0.39 is 6.10 Å². The van der Waals surface area contributed by atoms with Gasteiger partial charge in [-0.25, -0.2) is 0 Å². The van der Waals surface area contributed by atoms with Gasteiger partial charge in [0.1, 0.15) is 13.2 Å². The molecule has 0 bridgehead atoms. The van der Waals surface area contributed by atoms with Gasteiger partial charge in [-0.15, -0.1) is 0 Å². The highest BCUT2D eigenvalue weighted by Crippen LogP contribution is 2.15. The topological polar surface area (TPSA) is 78.9 Å². The van der Waals surface area contributed by atoms with Crippen molar-refractivity contribution < 1.29 is 28.6 Å². The van der Waals surface area contributed by atoms with Crippen LogP contribution in [0.5, 0.6) is 0 Å². The maximum atomic E-state index is 12.8. The summed E-state index contributed by atoms with van der Waals surface area (Å²) in [5.41, 5.74) is 0. The molecule has 0 aromatic rings. The van der Waals surface area contributed by atoms with E-state index in [2.05, 4.69) is 118 Å². The van der Waals surface area contributed by atoms with Crippen LogP contribution < -0.4 is 0 Å². The molecule has 0 aromatic carbocycles. The molecule has 0 radical (unpaired) electrons. The maximum absolute atomic E-state index is 12.8. The van der Waals surface area contributed by atoms with E-state index in [1.165, 1.54) is 122 Å². The molecule has 0 aromatic heterocycles. The Morgan fingerprint density at radius 1 is 0.292 bits per heavy atom. The summed E-state index contributed by atoms with van der Waals surface area (Å²) in [6, 6.07) is 0. The Kier molecular flexibility index (Phi) is 56.8. The molecule has 0 fully saturated rings. The van der Waals surface area contributed by atoms with E-state index in [1.54, 1.807) is 0 Å². The van der Waals surface area contributed by atoms with Crippen LogP contribution in [0, 0.1) is 0 Å². The average Bonchev–Trinajstić information content (AvgIpc) is 3.38. The molecule has 6 nitrogen and oxygen atoms in total. The number of unbranched alkanes of at least 4 members (excludes halogenated alkanes) is 27. The van der Waals surface area contributed by atoms with Gasteiger partial charge >= 0.3 is 17.9 Å². The van der Waals surface area contributed by atoms with Crippen LogP contribution in [0.4, 0.5) is 0 Å². The molecule has 0 saturated heterocycles. The van der Waals surface area contributed by atoms with Crippen molar-refractivity contribution in [3.05, 3.63) is 97.2 Å². The molecule has 0 N–H and O–H groups in total. The first-order valence-corrected chi connectivity index (χ1v) is 30.2. The first-order valence-electron chi connectivity index (χ1n) is 30.2. The van der Waals surface area contributed by atoms with Gasteiger partial charge in [0.05, 0.1) is 0 Å². The number of carbonyl (C=O) groups is 3. The summed E-state index contributed by atoms with van der Waals surface area (Å²) >= 11 is 0. The van der Waals surface area contributed by atoms with Gasteiger partial charge in [0.2, 0.25) is 0 Å². The highest BCUT2D eigenvalue weighted by atomic mass is 16.6. The highest BCUT2D eigenvalue weighted by molar-refractivity contribution is 5.71. The summed E-state index contributed by atoms with van der Waals surface area (Å²) in [7, 11) is 0. The zero-order valence-corrected chi connectivity index (χ0v) is 47.2. The lowest BCUT2D eigenvalue weighted by molar-refractivity contribution is -0.167. The Balaban J connectivity index is 4.26. The van der Waals surface area contributed by atoms with Gasteiger partial charge in [0.15, 0.2) is 6.10 Å². The SMILES string of the molecule is CC/C=C\C/C=C\C/C=C\C/C=C\C/C=C\C/C=C\C/C=C\CCCCCCCC(=O)OCC(COC(=O)CCCCCCCCCC)OC(=O)CCCCCCCCCCC/C=C\CCCCCCCC. The van der Waals surface area contributed by atoms with E-state index in [0.29, 0.717) is 19.3 Å². The number of esters is 3. The van der Waals surface area contributed by atoms with Crippen LogP contribution in [-0.2, 0) is 28.6 Å². The monoisotopic (exact) mass is 1000 g/mol. The molecule has 0 aliphatic heterocycles. The molecular weight excluding hydrogens is 889 g/mol. The van der Waals surface area contributed by atoms with Crippen LogP contribution in [0.1, 0.15) is 284 Å². The predicted molar refractivity (Wildman–Crippen MR) is 311 cm³/mol.